The quantitative estimate of drug-likeness (QED) is 0.149. The fourth-order valence-corrected chi connectivity index (χ4v) is 12.4. The predicted octanol–water partition coefficient (Wildman–Crippen LogP) is 21.1. The van der Waals surface area contributed by atoms with E-state index in [0.29, 0.717) is 0 Å². The molecule has 0 aliphatic heterocycles. The summed E-state index contributed by atoms with van der Waals surface area (Å²) in [5.74, 6) is 0. The number of hydrogen-bond donors (Lipinski definition) is 0. The van der Waals surface area contributed by atoms with Crippen molar-refractivity contribution in [2.45, 2.75) is 0 Å². The second kappa shape index (κ2) is 24.7. The molecule has 0 aliphatic carbocycles. The van der Waals surface area contributed by atoms with E-state index in [-0.39, 0.29) is 0 Å². The van der Waals surface area contributed by atoms with Crippen molar-refractivity contribution in [2.24, 2.45) is 0 Å². The molecule has 428 valence electrons. The lowest BCUT2D eigenvalue weighted by molar-refractivity contribution is 1.12. The second-order valence-corrected chi connectivity index (χ2v) is 22.1. The summed E-state index contributed by atoms with van der Waals surface area (Å²) in [7, 11) is 0. The third kappa shape index (κ3) is 11.1. The number of nitrogens with zero attached hydrogens (tertiary/aromatic N) is 7. The van der Waals surface area contributed by atoms with E-state index in [4.69, 9.17) is 4.98 Å². The minimum atomic E-state index is 0.865. The van der Waals surface area contributed by atoms with Gasteiger partial charge in [0.25, 0.3) is 0 Å². The smallest absolute Gasteiger partial charge is 0.0730 e. The molecule has 0 aliphatic rings. The lowest BCUT2D eigenvalue weighted by Gasteiger charge is -2.18. The molecule has 0 fully saturated rings. The Kier molecular flexibility index (Phi) is 14.9. The Morgan fingerprint density at radius 2 is 0.311 bits per heavy atom. The highest BCUT2D eigenvalue weighted by Gasteiger charge is 2.14. The van der Waals surface area contributed by atoms with Crippen LogP contribution in [0.3, 0.4) is 0 Å². The van der Waals surface area contributed by atoms with Crippen molar-refractivity contribution < 1.29 is 0 Å². The molecule has 15 aromatic rings. The lowest BCUT2D eigenvalue weighted by atomic mass is 10.1. The average Bonchev–Trinajstić information content (AvgIpc) is 3.06. The van der Waals surface area contributed by atoms with Gasteiger partial charge in [0.05, 0.1) is 17.1 Å². The molecule has 2 heterocycles. The molecule has 15 rings (SSSR count). The summed E-state index contributed by atoms with van der Waals surface area (Å²) in [6.45, 7) is 0. The zero-order chi connectivity index (χ0) is 60.0. The van der Waals surface area contributed by atoms with Gasteiger partial charge in [-0.3, -0.25) is 0 Å². The first-order valence-electron chi connectivity index (χ1n) is 30.4. The normalized spacial score (nSPS) is 11.1. The van der Waals surface area contributed by atoms with Crippen molar-refractivity contribution in [1.82, 2.24) is 32.4 Å². The minimum absolute atomic E-state index is 0.865. The fourth-order valence-electron chi connectivity index (χ4n) is 12.4. The van der Waals surface area contributed by atoms with E-state index >= 15 is 0 Å². The first-order valence-corrected chi connectivity index (χ1v) is 30.4. The molecule has 90 heavy (non-hydrogen) atoms. The molecule has 7 heteroatoms. The molecule has 0 unspecified atom stereocenters. The largest absolute Gasteiger partial charge is 0.310 e. The molecule has 7 nitrogen and oxygen atoms in total. The van der Waals surface area contributed by atoms with Gasteiger partial charge in [0.2, 0.25) is 0 Å². The zero-order valence-electron chi connectivity index (χ0n) is 49.3. The molecular formula is C83H61N7. The number of pyridine rings is 1. The third-order valence-corrected chi connectivity index (χ3v) is 16.4. The van der Waals surface area contributed by atoms with Crippen LogP contribution in [0.1, 0.15) is 0 Å². The number of para-hydroxylation sites is 5. The summed E-state index contributed by atoms with van der Waals surface area (Å²) < 4.78 is 14.2. The summed E-state index contributed by atoms with van der Waals surface area (Å²) in [5, 5.41) is 0. The van der Waals surface area contributed by atoms with Gasteiger partial charge >= 0.3 is 0 Å². The van der Waals surface area contributed by atoms with E-state index in [0.717, 1.165) is 123 Å². The standard InChI is InChI=1S/C83H61N7/c1-8-28-62(29-9-1)82-60-81(61-83(84-82)63-30-10-2-11-31-63)90-79-52-26-50-77(58-79)88(67-38-18-6-19-39-67)75-48-24-46-73(56-75)86(65-34-14-4-15-35-65)71-44-22-42-69(54-71)85(64-32-12-3-13-33-64)70-43-23-45-72(55-70)87(66-36-16-5-17-37-66)74-47-25-49-76(57-74)89(68-40-20-7-21-41-68)78-51-27-53-80(90)59-78/h1-61H. The summed E-state index contributed by atoms with van der Waals surface area (Å²) in [6.07, 6.45) is 0. The molecule has 0 amide bonds. The maximum absolute atomic E-state index is 5.40. The van der Waals surface area contributed by atoms with Crippen molar-refractivity contribution >= 4 is 66.2 Å². The van der Waals surface area contributed by atoms with Crippen LogP contribution in [0.4, 0.5) is 0 Å². The minimum Gasteiger partial charge on any atom is -0.310 e. The van der Waals surface area contributed by atoms with Crippen LogP contribution in [0, 0.1) is 0 Å². The molecule has 0 spiro atoms. The SMILES string of the molecule is c1ccc(-c2cc(-n3c4cccc(c4)n(-c4ccccc4)c4cccc(c4)n(-c4ccccc4)c4cccc(c4)n(-c4ccccc4)c4cccc(c4)n(-c4ccccc4)c4cccc(c4)n(-c4ccccc4)c4cccc3c4)cc(-c3ccccc3)n2)cc1. The van der Waals surface area contributed by atoms with Crippen LogP contribution < -0.4 is 0 Å². The van der Waals surface area contributed by atoms with Gasteiger partial charge in [-0.2, -0.15) is 0 Å². The van der Waals surface area contributed by atoms with E-state index in [2.05, 4.69) is 397 Å². The molecule has 0 saturated carbocycles. The van der Waals surface area contributed by atoms with Crippen molar-refractivity contribution in [3.8, 4) is 56.6 Å². The molecule has 0 atom stereocenters. The number of benzene rings is 13. The van der Waals surface area contributed by atoms with E-state index in [9.17, 15) is 0 Å². The van der Waals surface area contributed by atoms with Crippen LogP contribution in [0.5, 0.6) is 0 Å². The number of aromatic nitrogens is 7. The molecule has 0 radical (unpaired) electrons. The van der Waals surface area contributed by atoms with Crippen LogP contribution in [0.2, 0.25) is 0 Å². The van der Waals surface area contributed by atoms with Gasteiger partial charge in [-0.1, -0.05) is 188 Å². The van der Waals surface area contributed by atoms with Gasteiger partial charge in [0, 0.05) is 106 Å². The summed E-state index contributed by atoms with van der Waals surface area (Å²) in [5.41, 5.74) is 21.7. The van der Waals surface area contributed by atoms with E-state index in [1.54, 1.807) is 0 Å². The predicted molar refractivity (Wildman–Crippen MR) is 375 cm³/mol. The molecule has 0 N–H and O–H groups in total. The Labute approximate surface area is 522 Å². The third-order valence-electron chi connectivity index (χ3n) is 16.4. The van der Waals surface area contributed by atoms with E-state index in [1.165, 1.54) is 0 Å². The van der Waals surface area contributed by atoms with Gasteiger partial charge < -0.3 is 27.4 Å². The Balaban J connectivity index is 1.17. The van der Waals surface area contributed by atoms with Crippen molar-refractivity contribution in [3.05, 3.63) is 370 Å². The average molecular weight is 1160 g/mol. The number of rotatable bonds is 8. The maximum Gasteiger partial charge on any atom is 0.0730 e. The van der Waals surface area contributed by atoms with Gasteiger partial charge in [0.15, 0.2) is 0 Å². The zero-order valence-corrected chi connectivity index (χ0v) is 49.3. The summed E-state index contributed by atoms with van der Waals surface area (Å²) in [4.78, 5) is 5.40. The van der Waals surface area contributed by atoms with Crippen LogP contribution in [0.25, 0.3) is 123 Å². The first-order chi connectivity index (χ1) is 44.6. The Hall–Kier alpha value is -12.2. The van der Waals surface area contributed by atoms with E-state index in [1.807, 2.05) is 0 Å². The Morgan fingerprint density at radius 1 is 0.144 bits per heavy atom. The molecule has 2 aromatic heterocycles. The van der Waals surface area contributed by atoms with Crippen LogP contribution in [0.15, 0.2) is 370 Å². The van der Waals surface area contributed by atoms with Gasteiger partial charge in [-0.05, 0) is 182 Å². The molecular weight excluding hydrogens is 1090 g/mol. The summed E-state index contributed by atoms with van der Waals surface area (Å²) in [6, 6.07) is 132. The number of fused-ring (bicyclic) bond motifs is 12. The highest BCUT2D eigenvalue weighted by Crippen LogP contribution is 2.32. The summed E-state index contributed by atoms with van der Waals surface area (Å²) >= 11 is 0. The van der Waals surface area contributed by atoms with Crippen LogP contribution in [-0.4, -0.2) is 32.4 Å². The Morgan fingerprint density at radius 3 is 0.500 bits per heavy atom. The van der Waals surface area contributed by atoms with Gasteiger partial charge in [-0.25, -0.2) is 4.98 Å². The monoisotopic (exact) mass is 1160 g/mol. The fraction of sp³-hybridized carbons (Fsp3) is 0. The molecule has 13 aromatic carbocycles. The Bertz CT molecular complexity index is 5070. The maximum atomic E-state index is 5.40. The van der Waals surface area contributed by atoms with Crippen molar-refractivity contribution in [2.75, 3.05) is 0 Å². The first kappa shape index (κ1) is 54.5. The topological polar surface area (TPSA) is 42.5 Å². The van der Waals surface area contributed by atoms with Crippen molar-refractivity contribution in [1.29, 1.82) is 0 Å². The van der Waals surface area contributed by atoms with Gasteiger partial charge in [0.1, 0.15) is 0 Å². The van der Waals surface area contributed by atoms with Gasteiger partial charge in [-0.15, -0.1) is 0 Å². The van der Waals surface area contributed by atoms with Crippen molar-refractivity contribution in [3.63, 3.8) is 0 Å². The highest BCUT2D eigenvalue weighted by atomic mass is 15.0. The van der Waals surface area contributed by atoms with Crippen LogP contribution >= 0.6 is 0 Å². The highest BCUT2D eigenvalue weighted by molar-refractivity contribution is 5.82. The molecule has 12 bridgehead atoms. The second-order valence-electron chi connectivity index (χ2n) is 22.1. The number of hydrogen-bond acceptors (Lipinski definition) is 1. The van der Waals surface area contributed by atoms with Crippen LogP contribution in [-0.2, 0) is 0 Å². The van der Waals surface area contributed by atoms with E-state index < -0.39 is 0 Å². The molecule has 0 saturated heterocycles. The lowest BCUT2D eigenvalue weighted by Crippen LogP contribution is -2.03.